The molecule has 37 heavy (non-hydrogen) atoms. The Morgan fingerprint density at radius 3 is 1.95 bits per heavy atom. The summed E-state index contributed by atoms with van der Waals surface area (Å²) in [7, 11) is -3.98. The fourth-order valence-electron chi connectivity index (χ4n) is 3.67. The van der Waals surface area contributed by atoms with E-state index in [0.717, 1.165) is 63.6 Å². The maximum Gasteiger partial charge on any atom is 0.411 e. The van der Waals surface area contributed by atoms with E-state index in [-0.39, 0.29) is 12.4 Å². The number of unbranched alkanes of at least 4 members (excludes halogenated alkanes) is 5. The third-order valence-corrected chi connectivity index (χ3v) is 6.67. The largest absolute Gasteiger partial charge is 0.444 e. The van der Waals surface area contributed by atoms with Gasteiger partial charge in [0.05, 0.1) is 19.0 Å². The van der Waals surface area contributed by atoms with Crippen LogP contribution in [0.4, 0.5) is 16.2 Å². The quantitative estimate of drug-likeness (QED) is 0.106. The SMILES string of the molecule is CCCCCOC(C)(COC(=O)Nc1ccc(N(CCCC)CCCS(=O)(=O)O)cc1)OCCCCC. The van der Waals surface area contributed by atoms with Crippen molar-refractivity contribution < 1.29 is 32.0 Å². The van der Waals surface area contributed by atoms with Gasteiger partial charge in [-0.3, -0.25) is 9.87 Å². The summed E-state index contributed by atoms with van der Waals surface area (Å²) in [6, 6.07) is 7.30. The van der Waals surface area contributed by atoms with Gasteiger partial charge in [-0.15, -0.1) is 0 Å². The molecule has 9 nitrogen and oxygen atoms in total. The van der Waals surface area contributed by atoms with E-state index in [0.29, 0.717) is 31.9 Å². The second-order valence-electron chi connectivity index (χ2n) is 9.47. The summed E-state index contributed by atoms with van der Waals surface area (Å²) in [5, 5.41) is 2.74. The maximum absolute atomic E-state index is 12.5. The van der Waals surface area contributed by atoms with Crippen LogP contribution >= 0.6 is 0 Å². The highest BCUT2D eigenvalue weighted by Gasteiger charge is 2.28. The highest BCUT2D eigenvalue weighted by atomic mass is 32.2. The van der Waals surface area contributed by atoms with Crippen LogP contribution in [0.3, 0.4) is 0 Å². The highest BCUT2D eigenvalue weighted by molar-refractivity contribution is 7.85. The first-order chi connectivity index (χ1) is 17.6. The smallest absolute Gasteiger partial charge is 0.411 e. The van der Waals surface area contributed by atoms with Gasteiger partial charge in [-0.05, 0) is 56.9 Å². The fourth-order valence-corrected chi connectivity index (χ4v) is 4.16. The molecule has 0 fully saturated rings. The van der Waals surface area contributed by atoms with E-state index >= 15 is 0 Å². The standard InChI is InChI=1S/C27H48N2O7S/c1-5-8-11-20-35-27(4,36-21-12-9-6-2)23-34-26(30)28-24-14-16-25(17-15-24)29(18-10-7-3)19-13-22-37(31,32)33/h14-17H,5-13,18-23H2,1-4H3,(H,28,30)(H,31,32,33). The second kappa shape index (κ2) is 18.4. The summed E-state index contributed by atoms with van der Waals surface area (Å²) in [6.45, 7) is 10.5. The van der Waals surface area contributed by atoms with Crippen LogP contribution in [0.1, 0.15) is 85.5 Å². The number of anilines is 2. The monoisotopic (exact) mass is 544 g/mol. The lowest BCUT2D eigenvalue weighted by atomic mass is 10.2. The van der Waals surface area contributed by atoms with Crippen molar-refractivity contribution in [3.8, 4) is 0 Å². The van der Waals surface area contributed by atoms with Crippen LogP contribution in [0.15, 0.2) is 24.3 Å². The number of amides is 1. The van der Waals surface area contributed by atoms with E-state index in [9.17, 15) is 13.2 Å². The van der Waals surface area contributed by atoms with E-state index in [1.165, 1.54) is 0 Å². The summed E-state index contributed by atoms with van der Waals surface area (Å²) in [6.07, 6.45) is 7.87. The molecule has 0 saturated carbocycles. The molecule has 1 aromatic rings. The lowest BCUT2D eigenvalue weighted by Gasteiger charge is -2.29. The van der Waals surface area contributed by atoms with Gasteiger partial charge in [0.25, 0.3) is 10.1 Å². The lowest BCUT2D eigenvalue weighted by molar-refractivity contribution is -0.243. The van der Waals surface area contributed by atoms with Gasteiger partial charge in [-0.2, -0.15) is 8.42 Å². The van der Waals surface area contributed by atoms with Crippen molar-refractivity contribution in [2.75, 3.05) is 48.9 Å². The fraction of sp³-hybridized carbons (Fsp3) is 0.741. The third kappa shape index (κ3) is 15.9. The molecular weight excluding hydrogens is 496 g/mol. The van der Waals surface area contributed by atoms with Gasteiger partial charge < -0.3 is 19.1 Å². The lowest BCUT2D eigenvalue weighted by Crippen LogP contribution is -2.40. The van der Waals surface area contributed by atoms with Crippen LogP contribution in [0, 0.1) is 0 Å². The van der Waals surface area contributed by atoms with Gasteiger partial charge >= 0.3 is 6.09 Å². The van der Waals surface area contributed by atoms with Crippen molar-refractivity contribution in [1.29, 1.82) is 0 Å². The van der Waals surface area contributed by atoms with E-state index in [4.69, 9.17) is 18.8 Å². The van der Waals surface area contributed by atoms with Gasteiger partial charge in [-0.1, -0.05) is 52.9 Å². The number of nitrogens with zero attached hydrogens (tertiary/aromatic N) is 1. The number of nitrogens with one attached hydrogen (secondary N) is 1. The van der Waals surface area contributed by atoms with E-state index < -0.39 is 22.0 Å². The molecule has 1 aromatic carbocycles. The van der Waals surface area contributed by atoms with Crippen molar-refractivity contribution in [2.45, 2.75) is 91.3 Å². The predicted octanol–water partition coefficient (Wildman–Crippen LogP) is 6.25. The van der Waals surface area contributed by atoms with Crippen LogP contribution in [0.25, 0.3) is 0 Å². The molecule has 0 heterocycles. The molecule has 0 atom stereocenters. The molecule has 0 saturated heterocycles. The number of rotatable bonds is 21. The molecule has 0 aliphatic rings. The molecule has 0 aromatic heterocycles. The molecule has 1 rings (SSSR count). The Bertz CT molecular complexity index is 835. The number of hydrogen-bond donors (Lipinski definition) is 2. The minimum absolute atomic E-state index is 0.0201. The van der Waals surface area contributed by atoms with Crippen molar-refractivity contribution in [1.82, 2.24) is 0 Å². The molecule has 0 aliphatic carbocycles. The maximum atomic E-state index is 12.5. The molecule has 0 bridgehead atoms. The van der Waals surface area contributed by atoms with Crippen LogP contribution in [0.5, 0.6) is 0 Å². The molecule has 1 amide bonds. The summed E-state index contributed by atoms with van der Waals surface area (Å²) in [5.74, 6) is -1.27. The van der Waals surface area contributed by atoms with Gasteiger partial charge in [0, 0.05) is 24.5 Å². The number of carbonyl (C=O) groups is 1. The second-order valence-corrected chi connectivity index (χ2v) is 11.0. The van der Waals surface area contributed by atoms with Crippen LogP contribution in [-0.4, -0.2) is 63.5 Å². The predicted molar refractivity (Wildman–Crippen MR) is 149 cm³/mol. The van der Waals surface area contributed by atoms with Gasteiger partial charge in [0.15, 0.2) is 5.79 Å². The summed E-state index contributed by atoms with van der Waals surface area (Å²) in [4.78, 5) is 14.5. The average molecular weight is 545 g/mol. The Morgan fingerprint density at radius 1 is 0.892 bits per heavy atom. The van der Waals surface area contributed by atoms with Crippen molar-refractivity contribution in [2.24, 2.45) is 0 Å². The van der Waals surface area contributed by atoms with Crippen LogP contribution in [-0.2, 0) is 24.3 Å². The van der Waals surface area contributed by atoms with Gasteiger partial charge in [0.1, 0.15) is 6.61 Å². The molecule has 2 N–H and O–H groups in total. The van der Waals surface area contributed by atoms with Gasteiger partial charge in [-0.25, -0.2) is 4.79 Å². The van der Waals surface area contributed by atoms with E-state index in [1.807, 2.05) is 12.1 Å². The first kappa shape index (κ1) is 33.1. The highest BCUT2D eigenvalue weighted by Crippen LogP contribution is 2.20. The summed E-state index contributed by atoms with van der Waals surface area (Å²) in [5.41, 5.74) is 1.49. The Morgan fingerprint density at radius 2 is 1.43 bits per heavy atom. The summed E-state index contributed by atoms with van der Waals surface area (Å²) < 4.78 is 48.5. The van der Waals surface area contributed by atoms with E-state index in [2.05, 4.69) is 31.0 Å². The van der Waals surface area contributed by atoms with E-state index in [1.54, 1.807) is 19.1 Å². The molecule has 0 spiro atoms. The van der Waals surface area contributed by atoms with Gasteiger partial charge in [0.2, 0.25) is 0 Å². The molecule has 214 valence electrons. The molecular formula is C27H48N2O7S. The number of benzene rings is 1. The Balaban J connectivity index is 2.67. The minimum atomic E-state index is -3.98. The normalized spacial score (nSPS) is 11.9. The first-order valence-corrected chi connectivity index (χ1v) is 15.2. The van der Waals surface area contributed by atoms with Crippen LogP contribution in [0.2, 0.25) is 0 Å². The first-order valence-electron chi connectivity index (χ1n) is 13.6. The zero-order valence-electron chi connectivity index (χ0n) is 23.2. The zero-order valence-corrected chi connectivity index (χ0v) is 24.0. The van der Waals surface area contributed by atoms with Crippen molar-refractivity contribution in [3.63, 3.8) is 0 Å². The average Bonchev–Trinajstić information content (AvgIpc) is 2.85. The molecule has 0 radical (unpaired) electrons. The topological polar surface area (TPSA) is 114 Å². The summed E-state index contributed by atoms with van der Waals surface area (Å²) >= 11 is 0. The number of ether oxygens (including phenoxy) is 3. The minimum Gasteiger partial charge on any atom is -0.444 e. The zero-order chi connectivity index (χ0) is 27.6. The van der Waals surface area contributed by atoms with Crippen LogP contribution < -0.4 is 10.2 Å². The molecule has 10 heteroatoms. The van der Waals surface area contributed by atoms with Crippen molar-refractivity contribution in [3.05, 3.63) is 24.3 Å². The number of carbonyl (C=O) groups excluding carboxylic acids is 1. The molecule has 0 unspecified atom stereocenters. The Kier molecular flexibility index (Phi) is 16.5. The third-order valence-electron chi connectivity index (χ3n) is 5.87. The molecule has 0 aliphatic heterocycles. The number of hydrogen-bond acceptors (Lipinski definition) is 7. The Labute approximate surface area is 224 Å². The van der Waals surface area contributed by atoms with Crippen molar-refractivity contribution >= 4 is 27.6 Å². The Hall–Kier alpha value is -1.88.